The van der Waals surface area contributed by atoms with Crippen LogP contribution in [0.15, 0.2) is 24.3 Å². The number of methoxy groups -OCH3 is 1. The molecule has 1 rings (SSSR count). The van der Waals surface area contributed by atoms with E-state index < -0.39 is 0 Å². The van der Waals surface area contributed by atoms with Crippen molar-refractivity contribution in [3.05, 3.63) is 35.4 Å². The first-order valence-electron chi connectivity index (χ1n) is 7.79. The summed E-state index contributed by atoms with van der Waals surface area (Å²) in [6.07, 6.45) is 0.908. The Bertz CT molecular complexity index is 511. The Morgan fingerprint density at radius 3 is 2.45 bits per heavy atom. The van der Waals surface area contributed by atoms with Gasteiger partial charge in [-0.15, -0.1) is 0 Å². The molecule has 0 saturated heterocycles. The Morgan fingerprint density at radius 2 is 1.91 bits per heavy atom. The van der Waals surface area contributed by atoms with E-state index in [-0.39, 0.29) is 17.8 Å². The van der Waals surface area contributed by atoms with Crippen molar-refractivity contribution in [3.63, 3.8) is 0 Å². The molecule has 0 aromatic heterocycles. The molecular weight excluding hydrogens is 278 g/mol. The smallest absolute Gasteiger partial charge is 0.310 e. The summed E-state index contributed by atoms with van der Waals surface area (Å²) < 4.78 is 4.77. The molecule has 0 saturated carbocycles. The molecule has 0 radical (unpaired) electrons. The third-order valence-corrected chi connectivity index (χ3v) is 3.63. The molecule has 1 aromatic rings. The van der Waals surface area contributed by atoms with E-state index in [2.05, 4.69) is 13.8 Å². The lowest BCUT2D eigenvalue weighted by Crippen LogP contribution is -2.38. The number of carbonyl (C=O) groups is 2. The van der Waals surface area contributed by atoms with Crippen molar-refractivity contribution in [1.29, 1.82) is 0 Å². The number of ether oxygens (including phenoxy) is 1. The number of rotatable bonds is 7. The lowest BCUT2D eigenvalue weighted by Gasteiger charge is -2.26. The molecule has 4 nitrogen and oxygen atoms in total. The van der Waals surface area contributed by atoms with E-state index in [9.17, 15) is 9.59 Å². The van der Waals surface area contributed by atoms with Crippen LogP contribution in [0, 0.1) is 18.8 Å². The van der Waals surface area contributed by atoms with E-state index >= 15 is 0 Å². The summed E-state index contributed by atoms with van der Waals surface area (Å²) in [6.45, 7) is 9.03. The van der Waals surface area contributed by atoms with Crippen LogP contribution >= 0.6 is 0 Å². The molecule has 0 bridgehead atoms. The summed E-state index contributed by atoms with van der Waals surface area (Å²) in [6, 6.07) is 7.55. The molecule has 1 aromatic carbocycles. The first-order chi connectivity index (χ1) is 10.3. The van der Waals surface area contributed by atoms with Crippen LogP contribution in [0.4, 0.5) is 0 Å². The summed E-state index contributed by atoms with van der Waals surface area (Å²) in [5, 5.41) is 0. The van der Waals surface area contributed by atoms with Crippen LogP contribution < -0.4 is 0 Å². The average Bonchev–Trinajstić information content (AvgIpc) is 2.49. The number of esters is 1. The molecule has 1 amide bonds. The van der Waals surface area contributed by atoms with Crippen LogP contribution in [0.5, 0.6) is 0 Å². The number of hydrogen-bond acceptors (Lipinski definition) is 3. The minimum atomic E-state index is -0.328. The fraction of sp³-hybridized carbons (Fsp3) is 0.556. The predicted octanol–water partition coefficient (Wildman–Crippen LogP) is 3.29. The van der Waals surface area contributed by atoms with Crippen LogP contribution in [0.25, 0.3) is 0 Å². The van der Waals surface area contributed by atoms with Crippen molar-refractivity contribution < 1.29 is 14.3 Å². The molecule has 1 unspecified atom stereocenters. The number of carbonyl (C=O) groups excluding carboxylic acids is 2. The minimum Gasteiger partial charge on any atom is -0.469 e. The Kier molecular flexibility index (Phi) is 7.09. The predicted molar refractivity (Wildman–Crippen MR) is 87.7 cm³/mol. The largest absolute Gasteiger partial charge is 0.469 e. The van der Waals surface area contributed by atoms with Gasteiger partial charge in [-0.2, -0.15) is 0 Å². The highest BCUT2D eigenvalue weighted by Gasteiger charge is 2.22. The Balaban J connectivity index is 2.88. The van der Waals surface area contributed by atoms with Crippen molar-refractivity contribution in [2.45, 2.75) is 34.1 Å². The van der Waals surface area contributed by atoms with Gasteiger partial charge in [0.05, 0.1) is 13.0 Å². The molecule has 0 heterocycles. The van der Waals surface area contributed by atoms with E-state index in [4.69, 9.17) is 4.74 Å². The van der Waals surface area contributed by atoms with Crippen molar-refractivity contribution in [2.75, 3.05) is 20.2 Å². The van der Waals surface area contributed by atoms with Crippen LogP contribution in [0.3, 0.4) is 0 Å². The monoisotopic (exact) mass is 305 g/mol. The van der Waals surface area contributed by atoms with Crippen LogP contribution in [-0.4, -0.2) is 37.0 Å². The lowest BCUT2D eigenvalue weighted by atomic mass is 10.1. The van der Waals surface area contributed by atoms with E-state index in [1.165, 1.54) is 7.11 Å². The molecule has 22 heavy (non-hydrogen) atoms. The Morgan fingerprint density at radius 1 is 1.23 bits per heavy atom. The first kappa shape index (κ1) is 18.2. The van der Waals surface area contributed by atoms with Crippen molar-refractivity contribution >= 4 is 11.9 Å². The maximum Gasteiger partial charge on any atom is 0.310 e. The number of benzene rings is 1. The molecular formula is C18H27NO3. The third kappa shape index (κ3) is 5.51. The Labute approximate surface area is 133 Å². The van der Waals surface area contributed by atoms with E-state index in [1.54, 1.807) is 11.8 Å². The van der Waals surface area contributed by atoms with Gasteiger partial charge < -0.3 is 9.64 Å². The Hall–Kier alpha value is -1.84. The molecule has 122 valence electrons. The second-order valence-electron chi connectivity index (χ2n) is 6.23. The summed E-state index contributed by atoms with van der Waals surface area (Å²) >= 11 is 0. The topological polar surface area (TPSA) is 46.6 Å². The van der Waals surface area contributed by atoms with Crippen LogP contribution in [0.1, 0.15) is 43.1 Å². The summed E-state index contributed by atoms with van der Waals surface area (Å²) in [5.74, 6) is -0.140. The van der Waals surface area contributed by atoms with Gasteiger partial charge in [0.1, 0.15) is 0 Å². The molecule has 0 aliphatic carbocycles. The number of nitrogens with zero attached hydrogens (tertiary/aromatic N) is 1. The van der Waals surface area contributed by atoms with E-state index in [0.717, 1.165) is 12.0 Å². The normalized spacial score (nSPS) is 12.1. The quantitative estimate of drug-likeness (QED) is 0.726. The van der Waals surface area contributed by atoms with Crippen LogP contribution in [-0.2, 0) is 9.53 Å². The maximum atomic E-state index is 12.7. The number of aryl methyl sites for hydroxylation is 1. The second-order valence-corrected chi connectivity index (χ2v) is 6.23. The number of amides is 1. The SMILES string of the molecule is COC(=O)C(C)CN(CCC(C)C)C(=O)c1cccc(C)c1. The first-order valence-corrected chi connectivity index (χ1v) is 7.79. The molecule has 4 heteroatoms. The van der Waals surface area contributed by atoms with Crippen molar-refractivity contribution in [3.8, 4) is 0 Å². The van der Waals surface area contributed by atoms with Gasteiger partial charge in [0.2, 0.25) is 0 Å². The van der Waals surface area contributed by atoms with Crippen LogP contribution in [0.2, 0.25) is 0 Å². The zero-order chi connectivity index (χ0) is 16.7. The molecule has 0 aliphatic rings. The van der Waals surface area contributed by atoms with Gasteiger partial charge in [-0.05, 0) is 31.4 Å². The zero-order valence-corrected chi connectivity index (χ0v) is 14.3. The summed E-state index contributed by atoms with van der Waals surface area (Å²) in [7, 11) is 1.37. The van der Waals surface area contributed by atoms with Crippen molar-refractivity contribution in [1.82, 2.24) is 4.90 Å². The zero-order valence-electron chi connectivity index (χ0n) is 14.3. The van der Waals surface area contributed by atoms with Gasteiger partial charge >= 0.3 is 5.97 Å². The summed E-state index contributed by atoms with van der Waals surface area (Å²) in [5.41, 5.74) is 1.72. The van der Waals surface area contributed by atoms with Gasteiger partial charge in [0.25, 0.3) is 5.91 Å². The van der Waals surface area contributed by atoms with Gasteiger partial charge in [-0.3, -0.25) is 9.59 Å². The van der Waals surface area contributed by atoms with Gasteiger partial charge in [-0.1, -0.05) is 38.5 Å². The average molecular weight is 305 g/mol. The van der Waals surface area contributed by atoms with E-state index in [1.807, 2.05) is 31.2 Å². The molecule has 0 aliphatic heterocycles. The van der Waals surface area contributed by atoms with E-state index in [0.29, 0.717) is 24.6 Å². The number of hydrogen-bond donors (Lipinski definition) is 0. The van der Waals surface area contributed by atoms with Crippen molar-refractivity contribution in [2.24, 2.45) is 11.8 Å². The van der Waals surface area contributed by atoms with Gasteiger partial charge in [0.15, 0.2) is 0 Å². The molecule has 0 N–H and O–H groups in total. The third-order valence-electron chi connectivity index (χ3n) is 3.63. The maximum absolute atomic E-state index is 12.7. The highest BCUT2D eigenvalue weighted by Crippen LogP contribution is 2.13. The fourth-order valence-electron chi connectivity index (χ4n) is 2.26. The second kappa shape index (κ2) is 8.57. The molecule has 1 atom stereocenters. The molecule has 0 fully saturated rings. The highest BCUT2D eigenvalue weighted by atomic mass is 16.5. The fourth-order valence-corrected chi connectivity index (χ4v) is 2.26. The highest BCUT2D eigenvalue weighted by molar-refractivity contribution is 5.94. The molecule has 0 spiro atoms. The lowest BCUT2D eigenvalue weighted by molar-refractivity contribution is -0.145. The summed E-state index contributed by atoms with van der Waals surface area (Å²) in [4.78, 5) is 26.1. The standard InChI is InChI=1S/C18H27NO3/c1-13(2)9-10-19(12-15(4)18(21)22-5)17(20)16-8-6-7-14(3)11-16/h6-8,11,13,15H,9-10,12H2,1-5H3. The minimum absolute atomic E-state index is 0.0277. The van der Waals surface area contributed by atoms with Gasteiger partial charge in [0, 0.05) is 18.7 Å². The van der Waals surface area contributed by atoms with Gasteiger partial charge in [-0.25, -0.2) is 0 Å².